The molecule has 2 heterocycles. The van der Waals surface area contributed by atoms with E-state index >= 15 is 0 Å². The number of hydrogen-bond donors (Lipinski definition) is 0. The van der Waals surface area contributed by atoms with Crippen LogP contribution in [-0.4, -0.2) is 50.8 Å². The van der Waals surface area contributed by atoms with Crippen LogP contribution in [0, 0.1) is 35.0 Å². The molecular weight excluding hydrogens is 400 g/mol. The van der Waals surface area contributed by atoms with Gasteiger partial charge in [0, 0.05) is 0 Å². The summed E-state index contributed by atoms with van der Waals surface area (Å²) in [6.45, 7) is 15.7. The molecule has 2 saturated heterocycles. The molecule has 4 nitrogen and oxygen atoms in total. The van der Waals surface area contributed by atoms with Crippen LogP contribution in [0.15, 0.2) is 0 Å². The molecule has 0 aromatic heterocycles. The van der Waals surface area contributed by atoms with Gasteiger partial charge in [0.05, 0.1) is 38.6 Å². The molecule has 7 atom stereocenters. The highest BCUT2D eigenvalue weighted by molar-refractivity contribution is 4.97. The summed E-state index contributed by atoms with van der Waals surface area (Å²) < 4.78 is 23.7. The molecule has 0 amide bonds. The molecule has 4 fully saturated rings. The molecule has 2 saturated carbocycles. The smallest absolute Gasteiger partial charge is 0.104 e. The summed E-state index contributed by atoms with van der Waals surface area (Å²) in [6, 6.07) is 0. The maximum Gasteiger partial charge on any atom is 0.104 e. The lowest BCUT2D eigenvalue weighted by Gasteiger charge is -2.52. The first-order valence-electron chi connectivity index (χ1n) is 13.9. The molecule has 4 aliphatic rings. The fraction of sp³-hybridized carbons (Fsp3) is 1.00. The fourth-order valence-corrected chi connectivity index (χ4v) is 7.08. The molecule has 2 aliphatic carbocycles. The van der Waals surface area contributed by atoms with E-state index in [4.69, 9.17) is 18.9 Å². The maximum absolute atomic E-state index is 6.48. The Kier molecular flexibility index (Phi) is 8.62. The first kappa shape index (κ1) is 24.9. The van der Waals surface area contributed by atoms with Crippen LogP contribution < -0.4 is 0 Å². The van der Waals surface area contributed by atoms with Crippen LogP contribution in [0.5, 0.6) is 0 Å². The van der Waals surface area contributed by atoms with E-state index in [1.54, 1.807) is 0 Å². The quantitative estimate of drug-likeness (QED) is 0.329. The van der Waals surface area contributed by atoms with Gasteiger partial charge in [0.25, 0.3) is 0 Å². The van der Waals surface area contributed by atoms with Gasteiger partial charge in [0.15, 0.2) is 0 Å². The van der Waals surface area contributed by atoms with Crippen molar-refractivity contribution in [2.75, 3.05) is 26.4 Å². The van der Waals surface area contributed by atoms with Gasteiger partial charge in [-0.15, -0.1) is 0 Å². The van der Waals surface area contributed by atoms with Gasteiger partial charge in [-0.05, 0) is 73.5 Å². The normalized spacial score (nSPS) is 42.1. The van der Waals surface area contributed by atoms with Crippen molar-refractivity contribution in [1.82, 2.24) is 0 Å². The molecule has 0 bridgehead atoms. The van der Waals surface area contributed by atoms with Crippen LogP contribution in [0.3, 0.4) is 0 Å². The van der Waals surface area contributed by atoms with Gasteiger partial charge in [-0.25, -0.2) is 0 Å². The topological polar surface area (TPSA) is 43.5 Å². The predicted molar refractivity (Wildman–Crippen MR) is 129 cm³/mol. The second kappa shape index (κ2) is 11.1. The van der Waals surface area contributed by atoms with E-state index in [-0.39, 0.29) is 0 Å². The molecule has 0 spiro atoms. The Morgan fingerprint density at radius 1 is 0.750 bits per heavy atom. The molecule has 0 radical (unpaired) electrons. The monoisotopic (exact) mass is 450 g/mol. The molecule has 4 heteroatoms. The summed E-state index contributed by atoms with van der Waals surface area (Å²) in [4.78, 5) is 0. The van der Waals surface area contributed by atoms with Gasteiger partial charge in [0.1, 0.15) is 12.2 Å². The minimum absolute atomic E-state index is 0.374. The summed E-state index contributed by atoms with van der Waals surface area (Å²) in [6.07, 6.45) is 13.3. The van der Waals surface area contributed by atoms with Crippen molar-refractivity contribution >= 4 is 0 Å². The van der Waals surface area contributed by atoms with Crippen LogP contribution in [0.2, 0.25) is 0 Å². The standard InChI is InChI=1S/C28H50O4/c1-6-9-21-14-22(10-11-26(21)31-17-24-15-29-24)28(4,5)23-12-19(7-2)27(20(8-3)13-23)32-18-25-16-30-25/h19-27H,6-18H2,1-5H3. The van der Waals surface area contributed by atoms with Crippen LogP contribution in [0.1, 0.15) is 92.4 Å². The molecule has 32 heavy (non-hydrogen) atoms. The second-order valence-corrected chi connectivity index (χ2v) is 12.0. The Morgan fingerprint density at radius 2 is 1.31 bits per heavy atom. The summed E-state index contributed by atoms with van der Waals surface area (Å²) in [5.41, 5.74) is 0.391. The number of ether oxygens (including phenoxy) is 4. The van der Waals surface area contributed by atoms with Gasteiger partial charge in [0.2, 0.25) is 0 Å². The lowest BCUT2D eigenvalue weighted by atomic mass is 9.55. The Balaban J connectivity index is 1.38. The van der Waals surface area contributed by atoms with Gasteiger partial charge < -0.3 is 18.9 Å². The third-order valence-corrected chi connectivity index (χ3v) is 9.60. The first-order chi connectivity index (χ1) is 15.5. The summed E-state index contributed by atoms with van der Waals surface area (Å²) >= 11 is 0. The predicted octanol–water partition coefficient (Wildman–Crippen LogP) is 6.26. The largest absolute Gasteiger partial charge is 0.375 e. The minimum atomic E-state index is 0.374. The van der Waals surface area contributed by atoms with Crippen molar-refractivity contribution in [3.8, 4) is 0 Å². The molecule has 186 valence electrons. The van der Waals surface area contributed by atoms with Crippen LogP contribution >= 0.6 is 0 Å². The van der Waals surface area contributed by atoms with Gasteiger partial charge in [-0.2, -0.15) is 0 Å². The highest BCUT2D eigenvalue weighted by atomic mass is 16.6. The third kappa shape index (κ3) is 6.09. The zero-order chi connectivity index (χ0) is 22.7. The van der Waals surface area contributed by atoms with Gasteiger partial charge in [-0.3, -0.25) is 0 Å². The molecule has 0 N–H and O–H groups in total. The summed E-state index contributed by atoms with van der Waals surface area (Å²) in [5.74, 6) is 3.73. The summed E-state index contributed by atoms with van der Waals surface area (Å²) in [7, 11) is 0. The molecule has 4 rings (SSSR count). The first-order valence-corrected chi connectivity index (χ1v) is 13.9. The number of hydrogen-bond acceptors (Lipinski definition) is 4. The van der Waals surface area contributed by atoms with Crippen molar-refractivity contribution < 1.29 is 18.9 Å². The lowest BCUT2D eigenvalue weighted by molar-refractivity contribution is -0.102. The Hall–Kier alpha value is -0.160. The van der Waals surface area contributed by atoms with E-state index in [1.807, 2.05) is 0 Å². The van der Waals surface area contributed by atoms with Gasteiger partial charge >= 0.3 is 0 Å². The van der Waals surface area contributed by atoms with Crippen molar-refractivity contribution in [1.29, 1.82) is 0 Å². The Labute approximate surface area is 197 Å². The van der Waals surface area contributed by atoms with E-state index in [1.165, 1.54) is 57.8 Å². The Morgan fingerprint density at radius 3 is 1.84 bits per heavy atom. The van der Waals surface area contributed by atoms with Crippen molar-refractivity contribution in [3.63, 3.8) is 0 Å². The zero-order valence-corrected chi connectivity index (χ0v) is 21.5. The zero-order valence-electron chi connectivity index (χ0n) is 21.5. The molecule has 0 aromatic carbocycles. The van der Waals surface area contributed by atoms with Crippen molar-refractivity contribution in [2.24, 2.45) is 35.0 Å². The van der Waals surface area contributed by atoms with Crippen molar-refractivity contribution in [3.05, 3.63) is 0 Å². The number of rotatable bonds is 12. The van der Waals surface area contributed by atoms with Crippen LogP contribution in [0.4, 0.5) is 0 Å². The van der Waals surface area contributed by atoms with E-state index in [2.05, 4.69) is 34.6 Å². The van der Waals surface area contributed by atoms with E-state index in [9.17, 15) is 0 Å². The van der Waals surface area contributed by atoms with Gasteiger partial charge in [-0.1, -0.05) is 53.9 Å². The van der Waals surface area contributed by atoms with E-state index in [0.29, 0.717) is 41.7 Å². The molecule has 0 aromatic rings. The molecular formula is C28H50O4. The van der Waals surface area contributed by atoms with Crippen molar-refractivity contribution in [2.45, 2.75) is 117 Å². The van der Waals surface area contributed by atoms with Crippen LogP contribution in [0.25, 0.3) is 0 Å². The molecule has 2 aliphatic heterocycles. The maximum atomic E-state index is 6.48. The SMILES string of the molecule is CCCC1CC(C(C)(C)C2CC(CC)C(OCC3CO3)C(CC)C2)CCC1OCC1CO1. The average Bonchev–Trinajstić information content (AvgIpc) is 3.71. The lowest BCUT2D eigenvalue weighted by Crippen LogP contribution is -2.47. The third-order valence-electron chi connectivity index (χ3n) is 9.60. The highest BCUT2D eigenvalue weighted by Gasteiger charge is 2.47. The average molecular weight is 451 g/mol. The molecule has 7 unspecified atom stereocenters. The second-order valence-electron chi connectivity index (χ2n) is 12.0. The fourth-order valence-electron chi connectivity index (χ4n) is 7.08. The van der Waals surface area contributed by atoms with E-state index in [0.717, 1.165) is 44.2 Å². The summed E-state index contributed by atoms with van der Waals surface area (Å²) in [5, 5.41) is 0. The Bertz CT molecular complexity index is 556. The number of epoxide rings is 2. The minimum Gasteiger partial charge on any atom is -0.375 e. The van der Waals surface area contributed by atoms with Crippen LogP contribution in [-0.2, 0) is 18.9 Å². The highest BCUT2D eigenvalue weighted by Crippen LogP contribution is 2.53. The van der Waals surface area contributed by atoms with E-state index < -0.39 is 0 Å².